The van der Waals surface area contributed by atoms with Crippen molar-refractivity contribution in [2.45, 2.75) is 6.61 Å². The first kappa shape index (κ1) is 25.6. The molecule has 3 aromatic rings. The number of halogens is 2. The van der Waals surface area contributed by atoms with Crippen molar-refractivity contribution in [3.63, 3.8) is 0 Å². The van der Waals surface area contributed by atoms with Crippen LogP contribution < -0.4 is 10.2 Å². The number of benzene rings is 3. The Bertz CT molecular complexity index is 1400. The van der Waals surface area contributed by atoms with Gasteiger partial charge in [0.25, 0.3) is 11.8 Å². The van der Waals surface area contributed by atoms with E-state index in [2.05, 4.69) is 56.7 Å². The number of carbonyl (C=O) groups is 2. The maximum Gasteiger partial charge on any atom is 0.285 e. The summed E-state index contributed by atoms with van der Waals surface area (Å²) in [4.78, 5) is 26.0. The molecule has 0 bridgehead atoms. The van der Waals surface area contributed by atoms with Crippen molar-refractivity contribution < 1.29 is 14.3 Å². The summed E-state index contributed by atoms with van der Waals surface area (Å²) in [7, 11) is 0. The zero-order chi connectivity index (χ0) is 24.9. The molecule has 174 valence electrons. The quantitative estimate of drug-likeness (QED) is 0.194. The summed E-state index contributed by atoms with van der Waals surface area (Å²) in [6, 6.07) is 21.9. The highest BCUT2D eigenvalue weighted by Crippen LogP contribution is 2.36. The molecule has 1 heterocycles. The number of nitrogens with zero attached hydrogens (tertiary/aromatic N) is 2. The number of rotatable bonds is 6. The number of amides is 2. The Morgan fingerprint density at radius 2 is 1.86 bits per heavy atom. The molecule has 0 aliphatic carbocycles. The van der Waals surface area contributed by atoms with Gasteiger partial charge in [-0.2, -0.15) is 10.3 Å². The van der Waals surface area contributed by atoms with E-state index in [9.17, 15) is 14.9 Å². The Hall–Kier alpha value is -2.47. The number of hydrogen-bond acceptors (Lipinski definition) is 6. The Morgan fingerprint density at radius 3 is 2.60 bits per heavy atom. The van der Waals surface area contributed by atoms with Crippen LogP contribution in [0.25, 0.3) is 6.08 Å². The molecule has 2 amide bonds. The van der Waals surface area contributed by atoms with Crippen molar-refractivity contribution in [1.82, 2.24) is 10.4 Å². The van der Waals surface area contributed by atoms with Crippen LogP contribution in [-0.4, -0.2) is 21.1 Å². The molecule has 1 aliphatic heterocycles. The molecule has 3 aromatic carbocycles. The molecular weight excluding hydrogens is 708 g/mol. The normalized spacial score (nSPS) is 14.2. The van der Waals surface area contributed by atoms with Gasteiger partial charge in [0.05, 0.1) is 20.1 Å². The number of ether oxygens (including phenoxy) is 1. The van der Waals surface area contributed by atoms with Crippen molar-refractivity contribution >= 4 is 91.4 Å². The molecule has 0 saturated carbocycles. The van der Waals surface area contributed by atoms with E-state index in [1.54, 1.807) is 48.5 Å². The number of thioether (sulfide) groups is 1. The fraction of sp³-hybridized carbons (Fsp3) is 0.0400. The summed E-state index contributed by atoms with van der Waals surface area (Å²) in [5.41, 5.74) is 5.02. The predicted octanol–water partition coefficient (Wildman–Crippen LogP) is 5.89. The van der Waals surface area contributed by atoms with Gasteiger partial charge in [-0.3, -0.25) is 15.0 Å². The highest BCUT2D eigenvalue weighted by atomic mass is 127. The minimum Gasteiger partial charge on any atom is -0.487 e. The van der Waals surface area contributed by atoms with Crippen LogP contribution in [-0.2, 0) is 11.4 Å². The molecule has 4 rings (SSSR count). The summed E-state index contributed by atoms with van der Waals surface area (Å²) in [6.07, 6.45) is 1.71. The summed E-state index contributed by atoms with van der Waals surface area (Å²) >= 11 is 10.8. The lowest BCUT2D eigenvalue weighted by Crippen LogP contribution is -2.44. The van der Waals surface area contributed by atoms with E-state index in [-0.39, 0.29) is 10.9 Å². The lowest BCUT2D eigenvalue weighted by atomic mass is 10.1. The van der Waals surface area contributed by atoms with E-state index < -0.39 is 11.8 Å². The van der Waals surface area contributed by atoms with Crippen LogP contribution in [0.4, 0.5) is 0 Å². The molecule has 6 nitrogen and oxygen atoms in total. The minimum atomic E-state index is -0.424. The van der Waals surface area contributed by atoms with E-state index in [1.165, 1.54) is 0 Å². The molecule has 1 fully saturated rings. The lowest BCUT2D eigenvalue weighted by Gasteiger charge is -2.15. The van der Waals surface area contributed by atoms with Crippen molar-refractivity contribution in [3.05, 3.63) is 101 Å². The Labute approximate surface area is 239 Å². The van der Waals surface area contributed by atoms with Gasteiger partial charge in [0.1, 0.15) is 12.4 Å². The van der Waals surface area contributed by atoms with Gasteiger partial charge in [-0.15, -0.1) is 0 Å². The monoisotopic (exact) mass is 723 g/mol. The number of nitriles is 1. The Balaban J connectivity index is 1.59. The number of nitrogens with one attached hydrogen (secondary N) is 1. The third-order valence-corrected chi connectivity index (χ3v) is 7.60. The zero-order valence-corrected chi connectivity index (χ0v) is 23.8. The average Bonchev–Trinajstić information content (AvgIpc) is 3.11. The van der Waals surface area contributed by atoms with Crippen LogP contribution in [0.3, 0.4) is 0 Å². The van der Waals surface area contributed by atoms with Gasteiger partial charge < -0.3 is 4.74 Å². The summed E-state index contributed by atoms with van der Waals surface area (Å²) < 4.78 is 8.19. The molecular formula is C25H15I2N3O3S2. The minimum absolute atomic E-state index is 0.204. The fourth-order valence-corrected chi connectivity index (χ4v) is 6.42. The van der Waals surface area contributed by atoms with E-state index >= 15 is 0 Å². The molecule has 1 aliphatic rings. The van der Waals surface area contributed by atoms with E-state index in [0.29, 0.717) is 27.3 Å². The zero-order valence-electron chi connectivity index (χ0n) is 17.8. The van der Waals surface area contributed by atoms with Crippen LogP contribution in [0.5, 0.6) is 5.75 Å². The Kier molecular flexibility index (Phi) is 8.42. The molecule has 0 atom stereocenters. The van der Waals surface area contributed by atoms with E-state index in [1.807, 2.05) is 24.3 Å². The van der Waals surface area contributed by atoms with Gasteiger partial charge in [0.15, 0.2) is 4.32 Å². The highest BCUT2D eigenvalue weighted by molar-refractivity contribution is 14.1. The number of thiocarbonyl (C=S) groups is 1. The van der Waals surface area contributed by atoms with Crippen LogP contribution in [0.1, 0.15) is 27.0 Å². The third kappa shape index (κ3) is 6.03. The molecule has 35 heavy (non-hydrogen) atoms. The molecule has 0 aromatic heterocycles. The number of hydrazine groups is 1. The lowest BCUT2D eigenvalue weighted by molar-refractivity contribution is -0.123. The first-order valence-corrected chi connectivity index (χ1v) is 13.5. The van der Waals surface area contributed by atoms with Gasteiger partial charge in [0.2, 0.25) is 0 Å². The second-order valence-corrected chi connectivity index (χ2v) is 11.3. The van der Waals surface area contributed by atoms with Crippen LogP contribution in [0.2, 0.25) is 0 Å². The molecule has 0 unspecified atom stereocenters. The number of hydrogen-bond donors (Lipinski definition) is 1. The largest absolute Gasteiger partial charge is 0.487 e. The fourth-order valence-electron chi connectivity index (χ4n) is 3.21. The first-order valence-electron chi connectivity index (χ1n) is 10.1. The van der Waals surface area contributed by atoms with Gasteiger partial charge in [-0.1, -0.05) is 48.2 Å². The number of carbonyl (C=O) groups excluding carboxylic acids is 2. The first-order chi connectivity index (χ1) is 16.9. The highest BCUT2D eigenvalue weighted by Gasteiger charge is 2.34. The molecule has 1 saturated heterocycles. The van der Waals surface area contributed by atoms with Crippen LogP contribution >= 0.6 is 69.2 Å². The SMILES string of the molecule is N#Cc1ccccc1COc1c(I)cc(I)cc1/C=C1\SC(=S)N(NC(=O)c2ccccc2)C1=O. The van der Waals surface area contributed by atoms with Crippen LogP contribution in [0.15, 0.2) is 71.6 Å². The van der Waals surface area contributed by atoms with Crippen molar-refractivity contribution in [2.24, 2.45) is 0 Å². The topological polar surface area (TPSA) is 82.4 Å². The van der Waals surface area contributed by atoms with E-state index in [4.69, 9.17) is 17.0 Å². The molecule has 1 N–H and O–H groups in total. The molecule has 10 heteroatoms. The van der Waals surface area contributed by atoms with Crippen molar-refractivity contribution in [1.29, 1.82) is 5.26 Å². The second-order valence-electron chi connectivity index (χ2n) is 7.19. The maximum atomic E-state index is 13.1. The Morgan fingerprint density at radius 1 is 1.14 bits per heavy atom. The van der Waals surface area contributed by atoms with Gasteiger partial charge >= 0.3 is 0 Å². The summed E-state index contributed by atoms with van der Waals surface area (Å²) in [6.45, 7) is 0.204. The smallest absolute Gasteiger partial charge is 0.285 e. The summed E-state index contributed by atoms with van der Waals surface area (Å²) in [5, 5.41) is 10.4. The van der Waals surface area contributed by atoms with Crippen molar-refractivity contribution in [2.75, 3.05) is 0 Å². The van der Waals surface area contributed by atoms with Crippen molar-refractivity contribution in [3.8, 4) is 11.8 Å². The predicted molar refractivity (Wildman–Crippen MR) is 156 cm³/mol. The average molecular weight is 723 g/mol. The van der Waals surface area contributed by atoms with Crippen LogP contribution in [0, 0.1) is 18.5 Å². The van der Waals surface area contributed by atoms with Gasteiger partial charge in [-0.25, -0.2) is 0 Å². The summed E-state index contributed by atoms with van der Waals surface area (Å²) in [5.74, 6) is -0.247. The molecule has 0 radical (unpaired) electrons. The third-order valence-electron chi connectivity index (χ3n) is 4.88. The maximum absolute atomic E-state index is 13.1. The van der Waals surface area contributed by atoms with Gasteiger partial charge in [0, 0.05) is 20.3 Å². The van der Waals surface area contributed by atoms with E-state index in [0.717, 1.165) is 29.5 Å². The van der Waals surface area contributed by atoms with Gasteiger partial charge in [-0.05, 0) is 93.8 Å². The standard InChI is InChI=1S/C25H15I2N3O3S2/c26-19-10-18(22(20(27)12-19)33-14-17-9-5-4-8-16(17)13-28)11-21-24(32)30(25(34)35-21)29-23(31)15-6-2-1-3-7-15/h1-12H,14H2,(H,29,31)/b21-11-. The second kappa shape index (κ2) is 11.5. The molecule has 0 spiro atoms.